The molecule has 3 N–H and O–H groups in total. The molecule has 4 atom stereocenters. The van der Waals surface area contributed by atoms with Crippen molar-refractivity contribution >= 4 is 23.5 Å². The SMILES string of the molecule is CN1CC[C@@H]([C@@H](NC(=O)[C@@H]2CNC(=O)N2)c2ccc(F)c(Cl)c2F)C[C@@H]1C(F)(F)F. The summed E-state index contributed by atoms with van der Waals surface area (Å²) in [6.07, 6.45) is -4.67. The zero-order valence-corrected chi connectivity index (χ0v) is 16.6. The molecule has 12 heteroatoms. The predicted octanol–water partition coefficient (Wildman–Crippen LogP) is 2.73. The van der Waals surface area contributed by atoms with Crippen molar-refractivity contribution in [3.05, 3.63) is 34.4 Å². The van der Waals surface area contributed by atoms with Crippen LogP contribution in [0.5, 0.6) is 0 Å². The third-order valence-corrected chi connectivity index (χ3v) is 5.89. The van der Waals surface area contributed by atoms with Gasteiger partial charge in [0.2, 0.25) is 5.91 Å². The van der Waals surface area contributed by atoms with Crippen molar-refractivity contribution in [3.63, 3.8) is 0 Å². The van der Waals surface area contributed by atoms with Gasteiger partial charge >= 0.3 is 12.2 Å². The van der Waals surface area contributed by atoms with E-state index < -0.39 is 65.2 Å². The van der Waals surface area contributed by atoms with Crippen LogP contribution in [0.25, 0.3) is 0 Å². The number of likely N-dealkylation sites (tertiary alicyclic amines) is 1. The standard InChI is InChI=1S/C18H20ClF5N4O2/c1-28-5-4-8(6-12(28)18(22,23)24)15(9-2-3-10(20)13(19)14(9)21)27-16(29)11-7-25-17(30)26-11/h2-3,8,11-12,15H,4-7H2,1H3,(H,27,29)(H2,25,26,30)/t8-,11+,12-,15-/m1/s1. The van der Waals surface area contributed by atoms with Gasteiger partial charge in [0, 0.05) is 12.1 Å². The Hall–Kier alpha value is -2.14. The fourth-order valence-electron chi connectivity index (χ4n) is 3.89. The lowest BCUT2D eigenvalue weighted by molar-refractivity contribution is -0.192. The Balaban J connectivity index is 1.92. The minimum Gasteiger partial charge on any atom is -0.347 e. The minimum atomic E-state index is -4.51. The highest BCUT2D eigenvalue weighted by atomic mass is 35.5. The lowest BCUT2D eigenvalue weighted by Crippen LogP contribution is -2.52. The lowest BCUT2D eigenvalue weighted by atomic mass is 9.81. The van der Waals surface area contributed by atoms with Gasteiger partial charge in [0.15, 0.2) is 0 Å². The summed E-state index contributed by atoms with van der Waals surface area (Å²) >= 11 is 5.66. The van der Waals surface area contributed by atoms with Crippen molar-refractivity contribution in [2.45, 2.75) is 37.1 Å². The number of carbonyl (C=O) groups excluding carboxylic acids is 2. The Kier molecular flexibility index (Phi) is 6.42. The van der Waals surface area contributed by atoms with E-state index in [0.29, 0.717) is 0 Å². The maximum absolute atomic E-state index is 14.7. The molecule has 2 aliphatic rings. The minimum absolute atomic E-state index is 0.0252. The molecule has 30 heavy (non-hydrogen) atoms. The molecule has 0 bridgehead atoms. The van der Waals surface area contributed by atoms with Gasteiger partial charge in [-0.25, -0.2) is 13.6 Å². The summed E-state index contributed by atoms with van der Waals surface area (Å²) in [5.74, 6) is -3.65. The molecule has 0 aromatic heterocycles. The second kappa shape index (κ2) is 8.54. The zero-order valence-electron chi connectivity index (χ0n) is 15.8. The highest BCUT2D eigenvalue weighted by molar-refractivity contribution is 6.31. The van der Waals surface area contributed by atoms with Crippen LogP contribution in [0.15, 0.2) is 12.1 Å². The second-order valence-electron chi connectivity index (χ2n) is 7.48. The molecular formula is C18H20ClF5N4O2. The molecule has 0 unspecified atom stereocenters. The van der Waals surface area contributed by atoms with Gasteiger partial charge in [-0.2, -0.15) is 13.2 Å². The molecule has 6 nitrogen and oxygen atoms in total. The van der Waals surface area contributed by atoms with Gasteiger partial charge in [0.1, 0.15) is 28.7 Å². The van der Waals surface area contributed by atoms with E-state index >= 15 is 0 Å². The lowest BCUT2D eigenvalue weighted by Gasteiger charge is -2.41. The molecule has 0 aliphatic carbocycles. The van der Waals surface area contributed by atoms with E-state index in [0.717, 1.165) is 17.0 Å². The van der Waals surface area contributed by atoms with Gasteiger partial charge in [-0.1, -0.05) is 17.7 Å². The molecular weight excluding hydrogens is 435 g/mol. The number of piperidine rings is 1. The Morgan fingerprint density at radius 1 is 1.33 bits per heavy atom. The highest BCUT2D eigenvalue weighted by Gasteiger charge is 2.47. The monoisotopic (exact) mass is 454 g/mol. The number of hydrogen-bond acceptors (Lipinski definition) is 3. The van der Waals surface area contributed by atoms with E-state index in [4.69, 9.17) is 11.6 Å². The van der Waals surface area contributed by atoms with Crippen LogP contribution < -0.4 is 16.0 Å². The van der Waals surface area contributed by atoms with Crippen LogP contribution >= 0.6 is 11.6 Å². The van der Waals surface area contributed by atoms with Crippen LogP contribution in [-0.2, 0) is 4.79 Å². The van der Waals surface area contributed by atoms with E-state index in [1.807, 2.05) is 0 Å². The predicted molar refractivity (Wildman–Crippen MR) is 97.8 cm³/mol. The molecule has 2 heterocycles. The van der Waals surface area contributed by atoms with Crippen LogP contribution in [0.2, 0.25) is 5.02 Å². The summed E-state index contributed by atoms with van der Waals surface area (Å²) in [6.45, 7) is 0.0438. The van der Waals surface area contributed by atoms with E-state index in [9.17, 15) is 31.5 Å². The molecule has 2 saturated heterocycles. The number of nitrogens with one attached hydrogen (secondary N) is 3. The molecule has 166 valence electrons. The Bertz CT molecular complexity index is 838. The van der Waals surface area contributed by atoms with Crippen LogP contribution in [0, 0.1) is 17.6 Å². The third-order valence-electron chi connectivity index (χ3n) is 5.55. The smallest absolute Gasteiger partial charge is 0.347 e. The van der Waals surface area contributed by atoms with Gasteiger partial charge in [0.25, 0.3) is 0 Å². The zero-order chi connectivity index (χ0) is 22.2. The molecule has 0 saturated carbocycles. The van der Waals surface area contributed by atoms with E-state index in [1.165, 1.54) is 7.05 Å². The molecule has 1 aromatic carbocycles. The average molecular weight is 455 g/mol. The first-order valence-electron chi connectivity index (χ1n) is 9.24. The molecule has 3 rings (SSSR count). The molecule has 0 spiro atoms. The van der Waals surface area contributed by atoms with Gasteiger partial charge in [-0.3, -0.25) is 9.69 Å². The van der Waals surface area contributed by atoms with Gasteiger partial charge in [-0.15, -0.1) is 0 Å². The van der Waals surface area contributed by atoms with Crippen LogP contribution in [0.4, 0.5) is 26.7 Å². The first-order chi connectivity index (χ1) is 14.0. The topological polar surface area (TPSA) is 73.5 Å². The first-order valence-corrected chi connectivity index (χ1v) is 9.62. The highest BCUT2D eigenvalue weighted by Crippen LogP contribution is 2.40. The van der Waals surface area contributed by atoms with Crippen molar-refractivity contribution < 1.29 is 31.5 Å². The van der Waals surface area contributed by atoms with Crippen molar-refractivity contribution in [1.29, 1.82) is 0 Å². The number of urea groups is 1. The van der Waals surface area contributed by atoms with E-state index in [-0.39, 0.29) is 25.1 Å². The maximum atomic E-state index is 14.7. The number of nitrogens with zero attached hydrogens (tertiary/aromatic N) is 1. The summed E-state index contributed by atoms with van der Waals surface area (Å²) < 4.78 is 68.7. The average Bonchev–Trinajstić information content (AvgIpc) is 3.11. The Morgan fingerprint density at radius 3 is 2.63 bits per heavy atom. The Morgan fingerprint density at radius 2 is 2.03 bits per heavy atom. The summed E-state index contributed by atoms with van der Waals surface area (Å²) in [5, 5.41) is 6.49. The number of halogens is 6. The van der Waals surface area contributed by atoms with Gasteiger partial charge in [-0.05, 0) is 38.4 Å². The van der Waals surface area contributed by atoms with E-state index in [2.05, 4.69) is 16.0 Å². The number of amides is 3. The van der Waals surface area contributed by atoms with E-state index in [1.54, 1.807) is 0 Å². The van der Waals surface area contributed by atoms with Gasteiger partial charge in [0.05, 0.1) is 6.04 Å². The fourth-order valence-corrected chi connectivity index (χ4v) is 4.07. The fraction of sp³-hybridized carbons (Fsp3) is 0.556. The van der Waals surface area contributed by atoms with Crippen LogP contribution in [0.3, 0.4) is 0 Å². The van der Waals surface area contributed by atoms with Crippen LogP contribution in [0.1, 0.15) is 24.4 Å². The molecule has 1 aromatic rings. The van der Waals surface area contributed by atoms with Crippen molar-refractivity contribution in [2.24, 2.45) is 5.92 Å². The molecule has 2 fully saturated rings. The largest absolute Gasteiger partial charge is 0.404 e. The van der Waals surface area contributed by atoms with Crippen LogP contribution in [-0.4, -0.2) is 55.2 Å². The number of alkyl halides is 3. The summed E-state index contributed by atoms with van der Waals surface area (Å²) in [7, 11) is 1.34. The number of hydrogen-bond donors (Lipinski definition) is 3. The van der Waals surface area contributed by atoms with Crippen molar-refractivity contribution in [2.75, 3.05) is 20.1 Å². The normalized spacial score (nSPS) is 26.1. The first kappa shape index (κ1) is 22.5. The molecule has 0 radical (unpaired) electrons. The molecule has 3 amide bonds. The van der Waals surface area contributed by atoms with Gasteiger partial charge < -0.3 is 16.0 Å². The van der Waals surface area contributed by atoms with Crippen molar-refractivity contribution in [3.8, 4) is 0 Å². The second-order valence-corrected chi connectivity index (χ2v) is 7.86. The Labute approximate surface area is 174 Å². The van der Waals surface area contributed by atoms with Crippen molar-refractivity contribution in [1.82, 2.24) is 20.9 Å². The summed E-state index contributed by atoms with van der Waals surface area (Å²) in [5.41, 5.74) is -0.206. The third kappa shape index (κ3) is 4.61. The summed E-state index contributed by atoms with van der Waals surface area (Å²) in [6, 6.07) is -2.54. The number of carbonyl (C=O) groups is 2. The molecule has 2 aliphatic heterocycles. The maximum Gasteiger partial charge on any atom is 0.404 e. The number of rotatable bonds is 4. The quantitative estimate of drug-likeness (QED) is 0.484. The summed E-state index contributed by atoms with van der Waals surface area (Å²) in [4.78, 5) is 25.0. The number of benzene rings is 1.